The molecule has 0 aliphatic carbocycles. The molecule has 2 amide bonds. The first-order valence-electron chi connectivity index (χ1n) is 17.9. The summed E-state index contributed by atoms with van der Waals surface area (Å²) in [5.41, 5.74) is 0. The van der Waals surface area contributed by atoms with Gasteiger partial charge in [-0.3, -0.25) is 9.59 Å². The highest BCUT2D eigenvalue weighted by Gasteiger charge is 2.27. The number of carbonyl (C=O) groups excluding carboxylic acids is 2. The Bertz CT molecular complexity index is 612. The summed E-state index contributed by atoms with van der Waals surface area (Å²) in [6.07, 6.45) is 23.5. The van der Waals surface area contributed by atoms with Crippen LogP contribution in [-0.2, 0) is 9.59 Å². The van der Waals surface area contributed by atoms with E-state index in [2.05, 4.69) is 52.7 Å². The molecule has 0 aromatic heterocycles. The second-order valence-electron chi connectivity index (χ2n) is 14.2. The number of halogens is 2. The highest BCUT2D eigenvalue weighted by Crippen LogP contribution is 2.12. The lowest BCUT2D eigenvalue weighted by Gasteiger charge is -2.36. The fourth-order valence-corrected chi connectivity index (χ4v) is 5.75. The van der Waals surface area contributed by atoms with Crippen LogP contribution in [0.3, 0.4) is 0 Å². The van der Waals surface area contributed by atoms with Gasteiger partial charge in [0, 0.05) is 12.8 Å². The minimum Gasteiger partial charge on any atom is -1.00 e. The Hall–Kier alpha value is -0.600. The van der Waals surface area contributed by atoms with E-state index in [-0.39, 0.29) is 36.6 Å². The molecule has 0 saturated heterocycles. The Kier molecular flexibility index (Phi) is 33.7. The average molecular weight is 670 g/mol. The van der Waals surface area contributed by atoms with Crippen molar-refractivity contribution in [1.29, 1.82) is 0 Å². The number of unbranched alkanes of at least 4 members (excludes halogenated alkanes) is 16. The van der Waals surface area contributed by atoms with Crippen molar-refractivity contribution in [1.82, 2.24) is 10.6 Å². The average Bonchev–Trinajstić information content (AvgIpc) is 2.90. The van der Waals surface area contributed by atoms with E-state index in [0.29, 0.717) is 48.0 Å². The molecule has 7 nitrogen and oxygen atoms in total. The van der Waals surface area contributed by atoms with Crippen molar-refractivity contribution in [3.8, 4) is 0 Å². The molecule has 266 valence electrons. The van der Waals surface area contributed by atoms with Crippen LogP contribution in [0.2, 0.25) is 0 Å². The number of likely N-dealkylation sites (N-methyl/N-ethyl adjacent to an activating group) is 2. The summed E-state index contributed by atoms with van der Waals surface area (Å²) in [6, 6.07) is 0. The summed E-state index contributed by atoms with van der Waals surface area (Å²) < 4.78 is 1.32. The fraction of sp³-hybridized carbons (Fsp3) is 0.943. The Labute approximate surface area is 286 Å². The van der Waals surface area contributed by atoms with E-state index in [1.165, 1.54) is 89.9 Å². The lowest BCUT2D eigenvalue weighted by molar-refractivity contribution is -0.913. The monoisotopic (exact) mass is 669 g/mol. The number of aliphatic hydroxyl groups excluding tert-OH is 1. The molecule has 3 N–H and O–H groups in total. The third-order valence-corrected chi connectivity index (χ3v) is 8.50. The van der Waals surface area contributed by atoms with Gasteiger partial charge in [0.15, 0.2) is 6.10 Å². The molecule has 44 heavy (non-hydrogen) atoms. The zero-order valence-electron chi connectivity index (χ0n) is 29.9. The van der Waals surface area contributed by atoms with Crippen LogP contribution in [0.15, 0.2) is 0 Å². The number of hydrogen-bond acceptors (Lipinski definition) is 3. The first-order chi connectivity index (χ1) is 20.0. The quantitative estimate of drug-likeness (QED) is 0.0775. The molecule has 9 heteroatoms. The molecule has 0 aromatic carbocycles. The molecular weight excluding hydrogens is 595 g/mol. The van der Waals surface area contributed by atoms with Crippen LogP contribution in [0.4, 0.5) is 0 Å². The Morgan fingerprint density at radius 3 is 1.09 bits per heavy atom. The van der Waals surface area contributed by atoms with Crippen LogP contribution < -0.4 is 35.4 Å². The number of rotatable bonds is 30. The number of quaternary nitrogens is 2. The first kappa shape index (κ1) is 47.8. The van der Waals surface area contributed by atoms with Gasteiger partial charge in [-0.1, -0.05) is 117 Å². The smallest absolute Gasteiger partial charge is 0.220 e. The Morgan fingerprint density at radius 1 is 0.523 bits per heavy atom. The zero-order valence-corrected chi connectivity index (χ0v) is 31.4. The summed E-state index contributed by atoms with van der Waals surface area (Å²) >= 11 is 0. The van der Waals surface area contributed by atoms with Gasteiger partial charge >= 0.3 is 0 Å². The molecule has 0 spiro atoms. The molecule has 0 radical (unpaired) electrons. The van der Waals surface area contributed by atoms with Crippen molar-refractivity contribution in [3.63, 3.8) is 0 Å². The number of hydrogen-bond donors (Lipinski definition) is 3. The lowest BCUT2D eigenvalue weighted by atomic mass is 10.1. The van der Waals surface area contributed by atoms with Crippen LogP contribution in [0.25, 0.3) is 0 Å². The summed E-state index contributed by atoms with van der Waals surface area (Å²) in [4.78, 5) is 24.5. The van der Waals surface area contributed by atoms with E-state index in [9.17, 15) is 14.7 Å². The summed E-state index contributed by atoms with van der Waals surface area (Å²) in [5.74, 6) is 0.298. The SMILES string of the molecule is CCCCCCCCCCCC(=O)NCC[N+](C)(C)CC(O)C[N+](C)(C)CCNC(=O)CCCCCCCCCCC.[Cl-].[Cl-]. The molecule has 0 heterocycles. The second-order valence-corrected chi connectivity index (χ2v) is 14.2. The number of carbonyl (C=O) groups is 2. The Morgan fingerprint density at radius 2 is 0.795 bits per heavy atom. The first-order valence-corrected chi connectivity index (χ1v) is 17.9. The third-order valence-electron chi connectivity index (χ3n) is 8.50. The molecule has 0 saturated carbocycles. The van der Waals surface area contributed by atoms with Crippen LogP contribution in [0, 0.1) is 0 Å². The molecule has 0 aromatic rings. The van der Waals surface area contributed by atoms with E-state index in [1.807, 2.05) is 0 Å². The van der Waals surface area contributed by atoms with Gasteiger partial charge in [-0.2, -0.15) is 0 Å². The lowest BCUT2D eigenvalue weighted by Crippen LogP contribution is -3.00. The van der Waals surface area contributed by atoms with Crippen molar-refractivity contribution in [2.24, 2.45) is 0 Å². The molecular formula is C35H74Cl2N4O3. The maximum Gasteiger partial charge on any atom is 0.220 e. The largest absolute Gasteiger partial charge is 1.00 e. The molecule has 0 unspecified atom stereocenters. The van der Waals surface area contributed by atoms with Gasteiger partial charge in [-0.25, -0.2) is 0 Å². The fourth-order valence-electron chi connectivity index (χ4n) is 5.75. The summed E-state index contributed by atoms with van der Waals surface area (Å²) in [5, 5.41) is 17.0. The minimum atomic E-state index is -0.439. The van der Waals surface area contributed by atoms with E-state index < -0.39 is 6.10 Å². The number of aliphatic hydroxyl groups is 1. The van der Waals surface area contributed by atoms with Gasteiger partial charge in [0.25, 0.3) is 0 Å². The van der Waals surface area contributed by atoms with E-state index in [4.69, 9.17) is 0 Å². The van der Waals surface area contributed by atoms with E-state index >= 15 is 0 Å². The van der Waals surface area contributed by atoms with Crippen molar-refractivity contribution in [2.75, 3.05) is 67.5 Å². The summed E-state index contributed by atoms with van der Waals surface area (Å²) in [7, 11) is 8.45. The predicted molar refractivity (Wildman–Crippen MR) is 179 cm³/mol. The standard InChI is InChI=1S/C35H72N4O3.2ClH/c1-7-9-11-13-15-17-19-21-23-25-34(41)36-27-29-38(3,4)31-33(40)32-39(5,6)30-28-37-35(42)26-24-22-20-18-16-14-12-10-8-2;;/h33,40H,7-32H2,1-6H3;2*1H. The van der Waals surface area contributed by atoms with Gasteiger partial charge in [-0.05, 0) is 12.8 Å². The van der Waals surface area contributed by atoms with Crippen LogP contribution >= 0.6 is 0 Å². The number of nitrogens with one attached hydrogen (secondary N) is 2. The van der Waals surface area contributed by atoms with Gasteiger partial charge in [-0.15, -0.1) is 0 Å². The summed E-state index contributed by atoms with van der Waals surface area (Å²) in [6.45, 7) is 8.65. The normalized spacial score (nSPS) is 11.6. The van der Waals surface area contributed by atoms with Gasteiger partial charge in [0.1, 0.15) is 13.1 Å². The second kappa shape index (κ2) is 31.0. The number of amides is 2. The molecule has 0 bridgehead atoms. The Balaban J connectivity index is -0.00000840. The number of nitrogens with zero attached hydrogens (tertiary/aromatic N) is 2. The van der Waals surface area contributed by atoms with Crippen molar-refractivity contribution >= 4 is 11.8 Å². The van der Waals surface area contributed by atoms with Crippen LogP contribution in [0.1, 0.15) is 142 Å². The maximum atomic E-state index is 12.2. The zero-order chi connectivity index (χ0) is 31.5. The molecule has 0 atom stereocenters. The topological polar surface area (TPSA) is 78.4 Å². The molecule has 0 rings (SSSR count). The van der Waals surface area contributed by atoms with Crippen LogP contribution in [0.5, 0.6) is 0 Å². The van der Waals surface area contributed by atoms with Gasteiger partial charge in [0.05, 0.1) is 54.4 Å². The minimum absolute atomic E-state index is 0. The third kappa shape index (κ3) is 32.8. The molecule has 0 aliphatic heterocycles. The maximum absolute atomic E-state index is 12.2. The van der Waals surface area contributed by atoms with Crippen molar-refractivity contribution in [2.45, 2.75) is 148 Å². The van der Waals surface area contributed by atoms with E-state index in [0.717, 1.165) is 38.8 Å². The van der Waals surface area contributed by atoms with Crippen LogP contribution in [-0.4, -0.2) is 99.5 Å². The van der Waals surface area contributed by atoms with Crippen molar-refractivity contribution < 1.29 is 48.5 Å². The van der Waals surface area contributed by atoms with Gasteiger partial charge < -0.3 is 49.5 Å². The highest BCUT2D eigenvalue weighted by atomic mass is 35.5. The molecule has 0 aliphatic rings. The molecule has 0 fully saturated rings. The predicted octanol–water partition coefficient (Wildman–Crippen LogP) is 0.582. The van der Waals surface area contributed by atoms with E-state index in [1.54, 1.807) is 0 Å². The van der Waals surface area contributed by atoms with Gasteiger partial charge in [0.2, 0.25) is 11.8 Å². The highest BCUT2D eigenvalue weighted by molar-refractivity contribution is 5.76. The van der Waals surface area contributed by atoms with Crippen molar-refractivity contribution in [3.05, 3.63) is 0 Å².